The third-order valence-corrected chi connectivity index (χ3v) is 2.31. The number of hydrogen-bond donors (Lipinski definition) is 4. The van der Waals surface area contributed by atoms with Gasteiger partial charge in [0.15, 0.2) is 0 Å². The van der Waals surface area contributed by atoms with Crippen LogP contribution in [0.5, 0.6) is 0 Å². The molecule has 0 aromatic heterocycles. The molecular formula is C6H12ClNO4. The number of ether oxygens (including phenoxy) is 1. The summed E-state index contributed by atoms with van der Waals surface area (Å²) in [5.41, 5.74) is 4.51. The van der Waals surface area contributed by atoms with E-state index in [1.807, 2.05) is 0 Å². The third kappa shape index (κ3) is 1.71. The van der Waals surface area contributed by atoms with Gasteiger partial charge in [-0.3, -0.25) is 0 Å². The summed E-state index contributed by atoms with van der Waals surface area (Å²) < 4.78 is 4.91. The van der Waals surface area contributed by atoms with Crippen molar-refractivity contribution in [1.82, 2.24) is 0 Å². The fourth-order valence-corrected chi connectivity index (χ4v) is 1.37. The predicted octanol–water partition coefficient (Wildman–Crippen LogP) is -2.01. The second-order valence-electron chi connectivity index (χ2n) is 2.77. The highest BCUT2D eigenvalue weighted by molar-refractivity contribution is 6.20. The number of halogens is 1. The van der Waals surface area contributed by atoms with Crippen LogP contribution < -0.4 is 5.73 Å². The van der Waals surface area contributed by atoms with Crippen LogP contribution in [0.2, 0.25) is 0 Å². The average Bonchev–Trinajstić information content (AvgIpc) is 2.08. The van der Waals surface area contributed by atoms with Crippen LogP contribution in [0, 0.1) is 0 Å². The summed E-state index contributed by atoms with van der Waals surface area (Å²) in [7, 11) is 0. The molecule has 12 heavy (non-hydrogen) atoms. The van der Waals surface area contributed by atoms with Gasteiger partial charge in [-0.25, -0.2) is 0 Å². The Morgan fingerprint density at radius 1 is 1.33 bits per heavy atom. The molecule has 0 saturated carbocycles. The standard InChI is InChI=1S/C6H12ClNO4/c7-6-3(8)5(11)4(10)2(1-9)12-6/h2-6,9-11H,1,8H2/t2-,3-,4-,5-,6+/m1/s1. The summed E-state index contributed by atoms with van der Waals surface area (Å²) in [6.07, 6.45) is -3.19. The number of hydrogen-bond acceptors (Lipinski definition) is 5. The first-order valence-corrected chi connectivity index (χ1v) is 4.03. The van der Waals surface area contributed by atoms with E-state index >= 15 is 0 Å². The van der Waals surface area contributed by atoms with Crippen LogP contribution in [0.4, 0.5) is 0 Å². The highest BCUT2D eigenvalue weighted by Crippen LogP contribution is 2.21. The van der Waals surface area contributed by atoms with E-state index in [1.165, 1.54) is 0 Å². The Balaban J connectivity index is 2.63. The van der Waals surface area contributed by atoms with E-state index in [1.54, 1.807) is 0 Å². The van der Waals surface area contributed by atoms with Crippen molar-refractivity contribution in [2.45, 2.75) is 29.9 Å². The minimum atomic E-state index is -1.18. The molecule has 1 fully saturated rings. The number of nitrogens with two attached hydrogens (primary N) is 1. The quantitative estimate of drug-likeness (QED) is 0.365. The van der Waals surface area contributed by atoms with E-state index in [2.05, 4.69) is 0 Å². The minimum absolute atomic E-state index is 0.395. The van der Waals surface area contributed by atoms with E-state index in [-0.39, 0.29) is 0 Å². The van der Waals surface area contributed by atoms with Gasteiger partial charge < -0.3 is 25.8 Å². The van der Waals surface area contributed by atoms with Crippen LogP contribution in [0.3, 0.4) is 0 Å². The molecule has 0 bridgehead atoms. The van der Waals surface area contributed by atoms with E-state index in [9.17, 15) is 10.2 Å². The van der Waals surface area contributed by atoms with E-state index in [0.717, 1.165) is 0 Å². The number of alkyl halides is 1. The van der Waals surface area contributed by atoms with Crippen LogP contribution >= 0.6 is 11.6 Å². The summed E-state index contributed by atoms with van der Waals surface area (Å²) >= 11 is 5.57. The first-order valence-electron chi connectivity index (χ1n) is 3.60. The molecule has 0 amide bonds. The van der Waals surface area contributed by atoms with Crippen molar-refractivity contribution in [3.05, 3.63) is 0 Å². The molecule has 0 aliphatic carbocycles. The van der Waals surface area contributed by atoms with Crippen LogP contribution in [0.25, 0.3) is 0 Å². The van der Waals surface area contributed by atoms with Gasteiger partial charge in [-0.05, 0) is 0 Å². The van der Waals surface area contributed by atoms with Crippen LogP contribution in [-0.4, -0.2) is 51.8 Å². The van der Waals surface area contributed by atoms with Gasteiger partial charge in [0.25, 0.3) is 0 Å². The van der Waals surface area contributed by atoms with Crippen molar-refractivity contribution >= 4 is 11.6 Å². The summed E-state index contributed by atoms with van der Waals surface area (Å²) in [5.74, 6) is 0. The molecule has 0 spiro atoms. The molecule has 1 rings (SSSR count). The molecule has 1 aliphatic heterocycles. The number of aliphatic hydroxyl groups excluding tert-OH is 3. The maximum absolute atomic E-state index is 9.27. The normalized spacial score (nSPS) is 49.2. The fourth-order valence-electron chi connectivity index (χ4n) is 1.09. The molecule has 1 heterocycles. The van der Waals surface area contributed by atoms with Crippen LogP contribution in [0.15, 0.2) is 0 Å². The van der Waals surface area contributed by atoms with Gasteiger partial charge in [0.2, 0.25) is 0 Å². The highest BCUT2D eigenvalue weighted by Gasteiger charge is 2.41. The van der Waals surface area contributed by atoms with Gasteiger partial charge in [-0.1, -0.05) is 11.6 Å². The van der Waals surface area contributed by atoms with Gasteiger partial charge in [0.05, 0.1) is 12.6 Å². The Hall–Kier alpha value is 0.0900. The molecule has 5 N–H and O–H groups in total. The van der Waals surface area contributed by atoms with Gasteiger partial charge in [0.1, 0.15) is 23.9 Å². The van der Waals surface area contributed by atoms with Crippen molar-refractivity contribution in [1.29, 1.82) is 0 Å². The lowest BCUT2D eigenvalue weighted by Gasteiger charge is -2.38. The van der Waals surface area contributed by atoms with Gasteiger partial charge >= 0.3 is 0 Å². The fraction of sp³-hybridized carbons (Fsp3) is 1.00. The SMILES string of the molecule is N[C@@H]1[C@@H](O)[C@H](O)[C@@H](CO)O[C@@H]1Cl. The Kier molecular flexibility index (Phi) is 3.28. The summed E-state index contributed by atoms with van der Waals surface area (Å²) in [5, 5.41) is 27.2. The number of aliphatic hydroxyl groups is 3. The average molecular weight is 198 g/mol. The molecule has 0 aromatic carbocycles. The lowest BCUT2D eigenvalue weighted by Crippen LogP contribution is -2.60. The summed E-state index contributed by atoms with van der Waals surface area (Å²) in [4.78, 5) is 0. The van der Waals surface area contributed by atoms with Gasteiger partial charge in [-0.2, -0.15) is 0 Å². The Morgan fingerprint density at radius 2 is 1.92 bits per heavy atom. The zero-order valence-electron chi connectivity index (χ0n) is 6.30. The molecule has 6 heteroatoms. The molecule has 0 radical (unpaired) electrons. The zero-order valence-corrected chi connectivity index (χ0v) is 7.05. The van der Waals surface area contributed by atoms with Crippen LogP contribution in [0.1, 0.15) is 0 Å². The molecule has 5 atom stereocenters. The maximum Gasteiger partial charge on any atom is 0.149 e. The third-order valence-electron chi connectivity index (χ3n) is 1.91. The topological polar surface area (TPSA) is 95.9 Å². The van der Waals surface area contributed by atoms with Crippen molar-refractivity contribution in [3.8, 4) is 0 Å². The minimum Gasteiger partial charge on any atom is -0.394 e. The smallest absolute Gasteiger partial charge is 0.149 e. The van der Waals surface area contributed by atoms with Crippen molar-refractivity contribution < 1.29 is 20.1 Å². The second-order valence-corrected chi connectivity index (χ2v) is 3.20. The number of rotatable bonds is 1. The molecule has 1 aliphatic rings. The molecule has 0 aromatic rings. The Morgan fingerprint density at radius 3 is 2.42 bits per heavy atom. The summed E-state index contributed by atoms with van der Waals surface area (Å²) in [6, 6.07) is -0.829. The molecule has 1 saturated heterocycles. The van der Waals surface area contributed by atoms with E-state index in [0.29, 0.717) is 0 Å². The van der Waals surface area contributed by atoms with Crippen molar-refractivity contribution in [2.24, 2.45) is 5.73 Å². The Labute approximate surface area is 74.7 Å². The van der Waals surface area contributed by atoms with Crippen molar-refractivity contribution in [2.75, 3.05) is 6.61 Å². The summed E-state index contributed by atoms with van der Waals surface area (Å²) in [6.45, 7) is -0.395. The molecular weight excluding hydrogens is 186 g/mol. The van der Waals surface area contributed by atoms with E-state index in [4.69, 9.17) is 27.2 Å². The van der Waals surface area contributed by atoms with Crippen LogP contribution in [-0.2, 0) is 4.74 Å². The van der Waals surface area contributed by atoms with E-state index < -0.39 is 36.5 Å². The maximum atomic E-state index is 9.27. The Bertz CT molecular complexity index is 154. The predicted molar refractivity (Wildman–Crippen MR) is 41.6 cm³/mol. The lowest BCUT2D eigenvalue weighted by molar-refractivity contribution is -0.167. The van der Waals surface area contributed by atoms with Gasteiger partial charge in [-0.15, -0.1) is 0 Å². The molecule has 5 nitrogen and oxygen atoms in total. The van der Waals surface area contributed by atoms with Gasteiger partial charge in [0, 0.05) is 0 Å². The van der Waals surface area contributed by atoms with Crippen molar-refractivity contribution in [3.63, 3.8) is 0 Å². The molecule has 72 valence electrons. The second kappa shape index (κ2) is 3.87. The first-order chi connectivity index (χ1) is 5.57. The lowest BCUT2D eigenvalue weighted by atomic mass is 9.99. The highest BCUT2D eigenvalue weighted by atomic mass is 35.5. The first kappa shape index (κ1) is 10.2. The molecule has 0 unspecified atom stereocenters. The monoisotopic (exact) mass is 197 g/mol. The largest absolute Gasteiger partial charge is 0.394 e. The zero-order chi connectivity index (χ0) is 9.30.